The number of aliphatic hydroxyl groups excluding tert-OH is 1. The van der Waals surface area contributed by atoms with Crippen LogP contribution in [0.25, 0.3) is 0 Å². The fourth-order valence-electron chi connectivity index (χ4n) is 2.74. The standard InChI is InChI=1S/C15H23N3O2/c1-3-16-11-8-9-17-12(10-11)15(20)18(2)13-6-4-5-7-14(13)19/h8-10,13-14,19H,3-7H2,1-2H3,(H,16,17). The first-order valence-corrected chi connectivity index (χ1v) is 7.28. The van der Waals surface area contributed by atoms with Crippen molar-refractivity contribution in [3.63, 3.8) is 0 Å². The molecule has 1 fully saturated rings. The Morgan fingerprint density at radius 1 is 1.50 bits per heavy atom. The number of anilines is 1. The van der Waals surface area contributed by atoms with Gasteiger partial charge in [0.1, 0.15) is 5.69 Å². The maximum atomic E-state index is 12.5. The Kier molecular flexibility index (Phi) is 4.95. The molecule has 2 N–H and O–H groups in total. The minimum absolute atomic E-state index is 0.0964. The van der Waals surface area contributed by atoms with Gasteiger partial charge in [-0.25, -0.2) is 0 Å². The molecule has 0 saturated heterocycles. The molecular formula is C15H23N3O2. The molecular weight excluding hydrogens is 254 g/mol. The molecule has 2 rings (SSSR count). The SMILES string of the molecule is CCNc1ccnc(C(=O)N(C)C2CCCCC2O)c1. The summed E-state index contributed by atoms with van der Waals surface area (Å²) >= 11 is 0. The van der Waals surface area contributed by atoms with E-state index in [0.29, 0.717) is 5.69 Å². The molecule has 110 valence electrons. The molecule has 1 aliphatic rings. The van der Waals surface area contributed by atoms with Crippen LogP contribution in [0.15, 0.2) is 18.3 Å². The molecule has 20 heavy (non-hydrogen) atoms. The first kappa shape index (κ1) is 14.8. The molecule has 1 heterocycles. The summed E-state index contributed by atoms with van der Waals surface area (Å²) in [6.45, 7) is 2.81. The minimum atomic E-state index is -0.422. The lowest BCUT2D eigenvalue weighted by Crippen LogP contribution is -2.46. The summed E-state index contributed by atoms with van der Waals surface area (Å²) in [6.07, 6.45) is 4.94. The van der Waals surface area contributed by atoms with Crippen LogP contribution in [-0.2, 0) is 0 Å². The third kappa shape index (κ3) is 3.28. The van der Waals surface area contributed by atoms with Crippen LogP contribution in [0.5, 0.6) is 0 Å². The molecule has 0 bridgehead atoms. The number of nitrogens with one attached hydrogen (secondary N) is 1. The van der Waals surface area contributed by atoms with E-state index in [0.717, 1.165) is 37.9 Å². The monoisotopic (exact) mass is 277 g/mol. The average Bonchev–Trinajstić information content (AvgIpc) is 2.47. The van der Waals surface area contributed by atoms with Crippen molar-refractivity contribution in [1.29, 1.82) is 0 Å². The molecule has 1 saturated carbocycles. The van der Waals surface area contributed by atoms with E-state index >= 15 is 0 Å². The van der Waals surface area contributed by atoms with Gasteiger partial charge < -0.3 is 15.3 Å². The molecule has 0 aromatic carbocycles. The Labute approximate surface area is 120 Å². The van der Waals surface area contributed by atoms with Crippen molar-refractivity contribution in [2.24, 2.45) is 0 Å². The number of carbonyl (C=O) groups excluding carboxylic acids is 1. The zero-order valence-electron chi connectivity index (χ0n) is 12.2. The Morgan fingerprint density at radius 3 is 2.95 bits per heavy atom. The molecule has 1 aromatic rings. The van der Waals surface area contributed by atoms with Crippen LogP contribution < -0.4 is 5.32 Å². The molecule has 5 nitrogen and oxygen atoms in total. The van der Waals surface area contributed by atoms with Crippen LogP contribution in [0.2, 0.25) is 0 Å². The number of amides is 1. The van der Waals surface area contributed by atoms with E-state index in [4.69, 9.17) is 0 Å². The number of nitrogens with zero attached hydrogens (tertiary/aromatic N) is 2. The van der Waals surface area contributed by atoms with Crippen molar-refractivity contribution in [2.75, 3.05) is 18.9 Å². The topological polar surface area (TPSA) is 65.5 Å². The van der Waals surface area contributed by atoms with Crippen molar-refractivity contribution in [1.82, 2.24) is 9.88 Å². The average molecular weight is 277 g/mol. The highest BCUT2D eigenvalue weighted by atomic mass is 16.3. The van der Waals surface area contributed by atoms with Gasteiger partial charge in [0.2, 0.25) is 0 Å². The van der Waals surface area contributed by atoms with Crippen LogP contribution in [0.4, 0.5) is 5.69 Å². The predicted octanol–water partition coefficient (Wildman–Crippen LogP) is 1.89. The Morgan fingerprint density at radius 2 is 2.25 bits per heavy atom. The number of hydrogen-bond donors (Lipinski definition) is 2. The highest BCUT2D eigenvalue weighted by Gasteiger charge is 2.30. The fourth-order valence-corrected chi connectivity index (χ4v) is 2.74. The third-order valence-electron chi connectivity index (χ3n) is 3.87. The fraction of sp³-hybridized carbons (Fsp3) is 0.600. The normalized spacial score (nSPS) is 22.4. The smallest absolute Gasteiger partial charge is 0.272 e. The summed E-state index contributed by atoms with van der Waals surface area (Å²) < 4.78 is 0. The summed E-state index contributed by atoms with van der Waals surface area (Å²) in [4.78, 5) is 18.3. The Bertz CT molecular complexity index is 464. The van der Waals surface area contributed by atoms with Crippen molar-refractivity contribution in [3.05, 3.63) is 24.0 Å². The van der Waals surface area contributed by atoms with E-state index in [1.807, 2.05) is 13.0 Å². The highest BCUT2D eigenvalue weighted by Crippen LogP contribution is 2.23. The van der Waals surface area contributed by atoms with Gasteiger partial charge in [-0.1, -0.05) is 12.8 Å². The van der Waals surface area contributed by atoms with E-state index in [9.17, 15) is 9.90 Å². The van der Waals surface area contributed by atoms with Crippen LogP contribution in [0, 0.1) is 0 Å². The second-order valence-corrected chi connectivity index (χ2v) is 5.30. The van der Waals surface area contributed by atoms with Crippen LogP contribution in [0.1, 0.15) is 43.1 Å². The summed E-state index contributed by atoms with van der Waals surface area (Å²) in [6, 6.07) is 3.51. The van der Waals surface area contributed by atoms with Crippen LogP contribution in [0.3, 0.4) is 0 Å². The first-order chi connectivity index (χ1) is 9.63. The van der Waals surface area contributed by atoms with Gasteiger partial charge in [-0.2, -0.15) is 0 Å². The number of pyridine rings is 1. The lowest BCUT2D eigenvalue weighted by molar-refractivity contribution is 0.0264. The van der Waals surface area contributed by atoms with E-state index in [2.05, 4.69) is 10.3 Å². The summed E-state index contributed by atoms with van der Waals surface area (Å²) in [5.74, 6) is -0.129. The van der Waals surface area contributed by atoms with E-state index in [1.54, 1.807) is 24.2 Å². The zero-order valence-corrected chi connectivity index (χ0v) is 12.2. The quantitative estimate of drug-likeness (QED) is 0.882. The molecule has 1 aromatic heterocycles. The van der Waals surface area contributed by atoms with Gasteiger partial charge in [-0.3, -0.25) is 9.78 Å². The van der Waals surface area contributed by atoms with E-state index < -0.39 is 6.10 Å². The molecule has 2 unspecified atom stereocenters. The number of hydrogen-bond acceptors (Lipinski definition) is 4. The number of carbonyl (C=O) groups is 1. The molecule has 0 aliphatic heterocycles. The van der Waals surface area contributed by atoms with Gasteiger partial charge in [-0.15, -0.1) is 0 Å². The number of aliphatic hydroxyl groups is 1. The zero-order chi connectivity index (χ0) is 14.5. The molecule has 5 heteroatoms. The molecule has 1 aliphatic carbocycles. The number of aromatic nitrogens is 1. The molecule has 0 spiro atoms. The number of rotatable bonds is 4. The molecule has 0 radical (unpaired) electrons. The largest absolute Gasteiger partial charge is 0.391 e. The minimum Gasteiger partial charge on any atom is -0.391 e. The van der Waals surface area contributed by atoms with Crippen LogP contribution in [-0.4, -0.2) is 46.6 Å². The highest BCUT2D eigenvalue weighted by molar-refractivity contribution is 5.93. The van der Waals surface area contributed by atoms with Crippen molar-refractivity contribution in [3.8, 4) is 0 Å². The summed E-state index contributed by atoms with van der Waals surface area (Å²) in [5, 5.41) is 13.2. The van der Waals surface area contributed by atoms with Gasteiger partial charge in [-0.05, 0) is 31.9 Å². The predicted molar refractivity (Wildman–Crippen MR) is 78.8 cm³/mol. The van der Waals surface area contributed by atoms with Gasteiger partial charge in [0, 0.05) is 25.5 Å². The number of likely N-dealkylation sites (N-methyl/N-ethyl adjacent to an activating group) is 1. The second-order valence-electron chi connectivity index (χ2n) is 5.30. The summed E-state index contributed by atoms with van der Waals surface area (Å²) in [7, 11) is 1.75. The Balaban J connectivity index is 2.11. The van der Waals surface area contributed by atoms with E-state index in [1.165, 1.54) is 0 Å². The van der Waals surface area contributed by atoms with Crippen molar-refractivity contribution >= 4 is 11.6 Å². The molecule has 1 amide bonds. The second kappa shape index (κ2) is 6.70. The van der Waals surface area contributed by atoms with Gasteiger partial charge in [0.15, 0.2) is 0 Å². The van der Waals surface area contributed by atoms with Crippen molar-refractivity contribution in [2.45, 2.75) is 44.8 Å². The third-order valence-corrected chi connectivity index (χ3v) is 3.87. The molecule has 2 atom stereocenters. The van der Waals surface area contributed by atoms with Gasteiger partial charge in [0.05, 0.1) is 12.1 Å². The van der Waals surface area contributed by atoms with Crippen molar-refractivity contribution < 1.29 is 9.90 Å². The van der Waals surface area contributed by atoms with E-state index in [-0.39, 0.29) is 11.9 Å². The first-order valence-electron chi connectivity index (χ1n) is 7.28. The maximum absolute atomic E-state index is 12.5. The summed E-state index contributed by atoms with van der Waals surface area (Å²) in [5.41, 5.74) is 1.31. The lowest BCUT2D eigenvalue weighted by atomic mass is 9.91. The van der Waals surface area contributed by atoms with Crippen LogP contribution >= 0.6 is 0 Å². The lowest BCUT2D eigenvalue weighted by Gasteiger charge is -2.35. The van der Waals surface area contributed by atoms with Gasteiger partial charge in [0.25, 0.3) is 5.91 Å². The Hall–Kier alpha value is -1.62. The van der Waals surface area contributed by atoms with Gasteiger partial charge >= 0.3 is 0 Å². The maximum Gasteiger partial charge on any atom is 0.272 e.